The molecule has 1 aliphatic heterocycles. The van der Waals surface area contributed by atoms with E-state index < -0.39 is 0 Å². The molecular weight excluding hydrogens is 200 g/mol. The van der Waals surface area contributed by atoms with Crippen LogP contribution < -0.4 is 5.32 Å². The van der Waals surface area contributed by atoms with Crippen molar-refractivity contribution in [1.29, 1.82) is 0 Å². The summed E-state index contributed by atoms with van der Waals surface area (Å²) in [4.78, 5) is 6.77. The SMILES string of the molecule is CCn1ccnc1CNC1CCCN(C)C1. The molecule has 0 amide bonds. The molecule has 1 aromatic rings. The summed E-state index contributed by atoms with van der Waals surface area (Å²) in [5, 5.41) is 3.60. The van der Waals surface area contributed by atoms with Gasteiger partial charge in [-0.25, -0.2) is 4.98 Å². The minimum atomic E-state index is 0.626. The standard InChI is InChI=1S/C12H22N4/c1-3-16-8-6-13-12(16)9-14-11-5-4-7-15(2)10-11/h6,8,11,14H,3-5,7,9-10H2,1-2H3. The summed E-state index contributed by atoms with van der Waals surface area (Å²) in [6, 6.07) is 0.626. The molecular formula is C12H22N4. The molecule has 1 aromatic heterocycles. The average Bonchev–Trinajstić information content (AvgIpc) is 2.74. The fourth-order valence-electron chi connectivity index (χ4n) is 2.36. The van der Waals surface area contributed by atoms with Gasteiger partial charge < -0.3 is 14.8 Å². The molecule has 2 heterocycles. The van der Waals surface area contributed by atoms with Crippen molar-refractivity contribution >= 4 is 0 Å². The Balaban J connectivity index is 1.82. The van der Waals surface area contributed by atoms with Crippen molar-refractivity contribution in [2.24, 2.45) is 0 Å². The van der Waals surface area contributed by atoms with E-state index in [4.69, 9.17) is 0 Å². The Morgan fingerprint density at radius 2 is 2.44 bits per heavy atom. The molecule has 16 heavy (non-hydrogen) atoms. The molecule has 2 rings (SSSR count). The van der Waals surface area contributed by atoms with Crippen LogP contribution in [0.25, 0.3) is 0 Å². The van der Waals surface area contributed by atoms with Crippen LogP contribution in [0.15, 0.2) is 12.4 Å². The topological polar surface area (TPSA) is 33.1 Å². The van der Waals surface area contributed by atoms with Crippen LogP contribution in [0, 0.1) is 0 Å². The molecule has 4 heteroatoms. The molecule has 0 radical (unpaired) electrons. The van der Waals surface area contributed by atoms with Gasteiger partial charge in [0.05, 0.1) is 6.54 Å². The summed E-state index contributed by atoms with van der Waals surface area (Å²) < 4.78 is 2.19. The van der Waals surface area contributed by atoms with Crippen molar-refractivity contribution in [3.63, 3.8) is 0 Å². The smallest absolute Gasteiger partial charge is 0.122 e. The molecule has 1 saturated heterocycles. The number of nitrogens with zero attached hydrogens (tertiary/aromatic N) is 3. The highest BCUT2D eigenvalue weighted by atomic mass is 15.2. The third-order valence-electron chi connectivity index (χ3n) is 3.32. The summed E-state index contributed by atoms with van der Waals surface area (Å²) in [7, 11) is 2.20. The van der Waals surface area contributed by atoms with Gasteiger partial charge in [0.25, 0.3) is 0 Å². The lowest BCUT2D eigenvalue weighted by molar-refractivity contribution is 0.225. The number of hydrogen-bond acceptors (Lipinski definition) is 3. The Morgan fingerprint density at radius 3 is 3.19 bits per heavy atom. The lowest BCUT2D eigenvalue weighted by atomic mass is 10.1. The normalized spacial score (nSPS) is 22.5. The van der Waals surface area contributed by atoms with E-state index in [0.717, 1.165) is 25.5 Å². The summed E-state index contributed by atoms with van der Waals surface area (Å²) in [5.41, 5.74) is 0. The predicted octanol–water partition coefficient (Wildman–Crippen LogP) is 1.09. The molecule has 90 valence electrons. The quantitative estimate of drug-likeness (QED) is 0.828. The molecule has 1 unspecified atom stereocenters. The zero-order valence-corrected chi connectivity index (χ0v) is 10.3. The molecule has 0 bridgehead atoms. The number of likely N-dealkylation sites (tertiary alicyclic amines) is 1. The molecule has 1 aliphatic rings. The third-order valence-corrected chi connectivity index (χ3v) is 3.32. The fourth-order valence-corrected chi connectivity index (χ4v) is 2.36. The van der Waals surface area contributed by atoms with Crippen molar-refractivity contribution in [1.82, 2.24) is 19.8 Å². The zero-order valence-electron chi connectivity index (χ0n) is 10.3. The summed E-state index contributed by atoms with van der Waals surface area (Å²) in [5.74, 6) is 1.15. The second-order valence-electron chi connectivity index (χ2n) is 4.61. The number of hydrogen-bond donors (Lipinski definition) is 1. The first-order chi connectivity index (χ1) is 7.79. The Hall–Kier alpha value is -0.870. The second kappa shape index (κ2) is 5.46. The first kappa shape index (κ1) is 11.6. The van der Waals surface area contributed by atoms with Gasteiger partial charge in [-0.3, -0.25) is 0 Å². The molecule has 0 aliphatic carbocycles. The highest BCUT2D eigenvalue weighted by molar-refractivity contribution is 4.92. The lowest BCUT2D eigenvalue weighted by Crippen LogP contribution is -2.43. The van der Waals surface area contributed by atoms with E-state index in [2.05, 4.69) is 33.7 Å². The summed E-state index contributed by atoms with van der Waals surface area (Å²) in [6.07, 6.45) is 6.52. The Labute approximate surface area is 97.7 Å². The molecule has 0 aromatic carbocycles. The predicted molar refractivity (Wildman–Crippen MR) is 65.3 cm³/mol. The number of aryl methyl sites for hydroxylation is 1. The monoisotopic (exact) mass is 222 g/mol. The maximum atomic E-state index is 4.38. The highest BCUT2D eigenvalue weighted by Gasteiger charge is 2.16. The van der Waals surface area contributed by atoms with Crippen molar-refractivity contribution in [2.45, 2.75) is 38.9 Å². The van der Waals surface area contributed by atoms with Crippen LogP contribution in [0.3, 0.4) is 0 Å². The Bertz CT molecular complexity index is 321. The summed E-state index contributed by atoms with van der Waals surface area (Å²) >= 11 is 0. The van der Waals surface area contributed by atoms with E-state index in [0.29, 0.717) is 6.04 Å². The first-order valence-corrected chi connectivity index (χ1v) is 6.21. The number of rotatable bonds is 4. The molecule has 0 spiro atoms. The van der Waals surface area contributed by atoms with Crippen molar-refractivity contribution < 1.29 is 0 Å². The minimum Gasteiger partial charge on any atom is -0.334 e. The molecule has 0 saturated carbocycles. The van der Waals surface area contributed by atoms with Gasteiger partial charge in [0.1, 0.15) is 5.82 Å². The van der Waals surface area contributed by atoms with E-state index in [1.165, 1.54) is 19.4 Å². The van der Waals surface area contributed by atoms with Gasteiger partial charge in [0, 0.05) is 31.5 Å². The van der Waals surface area contributed by atoms with Gasteiger partial charge in [-0.15, -0.1) is 0 Å². The van der Waals surface area contributed by atoms with Crippen LogP contribution in [0.2, 0.25) is 0 Å². The van der Waals surface area contributed by atoms with Gasteiger partial charge in [-0.1, -0.05) is 0 Å². The minimum absolute atomic E-state index is 0.626. The van der Waals surface area contributed by atoms with Crippen LogP contribution in [0.1, 0.15) is 25.6 Å². The Kier molecular flexibility index (Phi) is 3.96. The van der Waals surface area contributed by atoms with E-state index >= 15 is 0 Å². The van der Waals surface area contributed by atoms with Gasteiger partial charge >= 0.3 is 0 Å². The maximum absolute atomic E-state index is 4.38. The largest absolute Gasteiger partial charge is 0.334 e. The van der Waals surface area contributed by atoms with Crippen LogP contribution in [-0.4, -0.2) is 40.6 Å². The number of imidazole rings is 1. The van der Waals surface area contributed by atoms with Crippen LogP contribution in [0.4, 0.5) is 0 Å². The third kappa shape index (κ3) is 2.83. The average molecular weight is 222 g/mol. The highest BCUT2D eigenvalue weighted by Crippen LogP contribution is 2.08. The van der Waals surface area contributed by atoms with E-state index in [1.54, 1.807) is 0 Å². The van der Waals surface area contributed by atoms with E-state index in [-0.39, 0.29) is 0 Å². The van der Waals surface area contributed by atoms with Gasteiger partial charge in [0.15, 0.2) is 0 Å². The number of nitrogens with one attached hydrogen (secondary N) is 1. The molecule has 4 nitrogen and oxygen atoms in total. The van der Waals surface area contributed by atoms with Crippen LogP contribution in [-0.2, 0) is 13.1 Å². The van der Waals surface area contributed by atoms with Crippen molar-refractivity contribution in [3.05, 3.63) is 18.2 Å². The number of piperidine rings is 1. The lowest BCUT2D eigenvalue weighted by Gasteiger charge is -2.30. The van der Waals surface area contributed by atoms with Gasteiger partial charge in [-0.2, -0.15) is 0 Å². The van der Waals surface area contributed by atoms with E-state index in [9.17, 15) is 0 Å². The van der Waals surface area contributed by atoms with Crippen LogP contribution in [0.5, 0.6) is 0 Å². The maximum Gasteiger partial charge on any atom is 0.122 e. The first-order valence-electron chi connectivity index (χ1n) is 6.21. The molecule has 1 N–H and O–H groups in total. The van der Waals surface area contributed by atoms with Crippen molar-refractivity contribution in [2.75, 3.05) is 20.1 Å². The summed E-state index contributed by atoms with van der Waals surface area (Å²) in [6.45, 7) is 6.44. The van der Waals surface area contributed by atoms with Gasteiger partial charge in [0.2, 0.25) is 0 Å². The Morgan fingerprint density at radius 1 is 1.56 bits per heavy atom. The zero-order chi connectivity index (χ0) is 11.4. The van der Waals surface area contributed by atoms with E-state index in [1.807, 2.05) is 12.4 Å². The number of likely N-dealkylation sites (N-methyl/N-ethyl adjacent to an activating group) is 1. The van der Waals surface area contributed by atoms with Crippen molar-refractivity contribution in [3.8, 4) is 0 Å². The van der Waals surface area contributed by atoms with Gasteiger partial charge in [-0.05, 0) is 33.4 Å². The molecule has 1 fully saturated rings. The second-order valence-corrected chi connectivity index (χ2v) is 4.61. The fraction of sp³-hybridized carbons (Fsp3) is 0.750. The van der Waals surface area contributed by atoms with Crippen LogP contribution >= 0.6 is 0 Å². The number of aromatic nitrogens is 2. The molecule has 1 atom stereocenters.